The van der Waals surface area contributed by atoms with Crippen molar-refractivity contribution in [2.75, 3.05) is 11.9 Å². The number of anilines is 2. The zero-order valence-corrected chi connectivity index (χ0v) is 12.9. The molecule has 0 aliphatic rings. The lowest BCUT2D eigenvalue weighted by atomic mass is 10.1. The van der Waals surface area contributed by atoms with E-state index in [1.54, 1.807) is 12.3 Å². The molecule has 1 heterocycles. The van der Waals surface area contributed by atoms with Gasteiger partial charge in [0.1, 0.15) is 0 Å². The fraction of sp³-hybridized carbons (Fsp3) is 0.200. The normalized spacial score (nSPS) is 11.5. The van der Waals surface area contributed by atoms with Crippen molar-refractivity contribution in [2.45, 2.75) is 13.8 Å². The summed E-state index contributed by atoms with van der Waals surface area (Å²) in [6.45, 7) is 4.07. The smallest absolute Gasteiger partial charge is 0.171 e. The Hall–Kier alpha value is -2.27. The Morgan fingerprint density at radius 1 is 1.33 bits per heavy atom. The second-order valence-electron chi connectivity index (χ2n) is 4.83. The molecular weight excluding hydrogens is 288 g/mol. The van der Waals surface area contributed by atoms with Gasteiger partial charge in [-0.25, -0.2) is 4.98 Å². The third kappa shape index (κ3) is 2.92. The van der Waals surface area contributed by atoms with Gasteiger partial charge in [-0.05, 0) is 31.5 Å². The largest absolute Gasteiger partial charge is 0.409 e. The average Bonchev–Trinajstić information content (AvgIpc) is 2.46. The Labute approximate surface area is 128 Å². The first-order valence-electron chi connectivity index (χ1n) is 6.39. The van der Waals surface area contributed by atoms with Crippen LogP contribution in [0.4, 0.5) is 11.5 Å². The van der Waals surface area contributed by atoms with E-state index in [0.29, 0.717) is 16.4 Å². The van der Waals surface area contributed by atoms with Crippen molar-refractivity contribution in [3.8, 4) is 0 Å². The number of amidine groups is 1. The Bertz CT molecular complexity index is 700. The lowest BCUT2D eigenvalue weighted by Gasteiger charge is -2.22. The number of rotatable bonds is 3. The number of aryl methyl sites for hydroxylation is 2. The lowest BCUT2D eigenvalue weighted by molar-refractivity contribution is 0.318. The van der Waals surface area contributed by atoms with Gasteiger partial charge in [-0.2, -0.15) is 0 Å². The van der Waals surface area contributed by atoms with Crippen LogP contribution < -0.4 is 10.6 Å². The van der Waals surface area contributed by atoms with Gasteiger partial charge in [-0.15, -0.1) is 0 Å². The fourth-order valence-electron chi connectivity index (χ4n) is 2.21. The highest BCUT2D eigenvalue weighted by molar-refractivity contribution is 6.36. The van der Waals surface area contributed by atoms with E-state index in [1.807, 2.05) is 37.9 Å². The van der Waals surface area contributed by atoms with Gasteiger partial charge in [-0.1, -0.05) is 34.5 Å². The van der Waals surface area contributed by atoms with E-state index in [0.717, 1.165) is 11.3 Å². The number of halogens is 1. The summed E-state index contributed by atoms with van der Waals surface area (Å²) in [6.07, 6.45) is 1.58. The molecule has 21 heavy (non-hydrogen) atoms. The predicted octanol–water partition coefficient (Wildman–Crippen LogP) is 3.21. The van der Waals surface area contributed by atoms with Crippen LogP contribution in [-0.2, 0) is 0 Å². The van der Waals surface area contributed by atoms with Crippen LogP contribution in [0.2, 0.25) is 5.02 Å². The predicted molar refractivity (Wildman–Crippen MR) is 85.7 cm³/mol. The minimum atomic E-state index is -0.0438. The second-order valence-corrected chi connectivity index (χ2v) is 5.21. The third-order valence-electron chi connectivity index (χ3n) is 3.29. The number of aromatic nitrogens is 1. The summed E-state index contributed by atoms with van der Waals surface area (Å²) in [6, 6.07) is 7.74. The molecule has 110 valence electrons. The summed E-state index contributed by atoms with van der Waals surface area (Å²) < 4.78 is 0. The number of oxime groups is 1. The zero-order valence-electron chi connectivity index (χ0n) is 12.1. The summed E-state index contributed by atoms with van der Waals surface area (Å²) >= 11 is 6.33. The van der Waals surface area contributed by atoms with Crippen LogP contribution in [0.1, 0.15) is 16.7 Å². The molecule has 0 amide bonds. The molecule has 2 aromatic rings. The molecule has 0 radical (unpaired) electrons. The molecule has 0 atom stereocenters. The Morgan fingerprint density at radius 3 is 2.67 bits per heavy atom. The van der Waals surface area contributed by atoms with Gasteiger partial charge in [0.15, 0.2) is 11.7 Å². The van der Waals surface area contributed by atoms with Gasteiger partial charge in [0.2, 0.25) is 0 Å². The highest BCUT2D eigenvalue weighted by Gasteiger charge is 2.16. The van der Waals surface area contributed by atoms with Crippen LogP contribution >= 0.6 is 11.6 Å². The Kier molecular flexibility index (Phi) is 4.33. The molecule has 0 aliphatic heterocycles. The van der Waals surface area contributed by atoms with Crippen LogP contribution in [-0.4, -0.2) is 23.1 Å². The molecule has 0 bridgehead atoms. The first-order chi connectivity index (χ1) is 9.95. The van der Waals surface area contributed by atoms with E-state index in [1.165, 1.54) is 5.56 Å². The SMILES string of the molecule is Cc1ccc(N(C)c2nccc(/C(N)=N/O)c2Cl)c(C)c1. The number of pyridine rings is 1. The van der Waals surface area contributed by atoms with Crippen LogP contribution in [0.3, 0.4) is 0 Å². The quantitative estimate of drug-likeness (QED) is 0.395. The maximum Gasteiger partial charge on any atom is 0.171 e. The fourth-order valence-corrected chi connectivity index (χ4v) is 2.55. The average molecular weight is 305 g/mol. The van der Waals surface area contributed by atoms with Crippen molar-refractivity contribution in [1.29, 1.82) is 0 Å². The second kappa shape index (κ2) is 6.01. The van der Waals surface area contributed by atoms with Crippen LogP contribution in [0, 0.1) is 13.8 Å². The minimum absolute atomic E-state index is 0.0438. The number of hydrogen-bond donors (Lipinski definition) is 2. The van der Waals surface area contributed by atoms with Crippen LogP contribution in [0.25, 0.3) is 0 Å². The molecule has 3 N–H and O–H groups in total. The topological polar surface area (TPSA) is 74.7 Å². The molecular formula is C15H17ClN4O. The van der Waals surface area contributed by atoms with Crippen molar-refractivity contribution >= 4 is 28.9 Å². The van der Waals surface area contributed by atoms with E-state index in [2.05, 4.69) is 16.2 Å². The molecule has 0 aliphatic carbocycles. The highest BCUT2D eigenvalue weighted by atomic mass is 35.5. The van der Waals surface area contributed by atoms with E-state index >= 15 is 0 Å². The van der Waals surface area contributed by atoms with Crippen molar-refractivity contribution in [1.82, 2.24) is 4.98 Å². The lowest BCUT2D eigenvalue weighted by Crippen LogP contribution is -2.18. The molecule has 2 rings (SSSR count). The van der Waals surface area contributed by atoms with E-state index in [9.17, 15) is 0 Å². The zero-order chi connectivity index (χ0) is 15.6. The molecule has 0 unspecified atom stereocenters. The maximum absolute atomic E-state index is 8.80. The highest BCUT2D eigenvalue weighted by Crippen LogP contribution is 2.32. The van der Waals surface area contributed by atoms with E-state index in [4.69, 9.17) is 22.5 Å². The van der Waals surface area contributed by atoms with Gasteiger partial charge in [-0.3, -0.25) is 0 Å². The van der Waals surface area contributed by atoms with E-state index in [-0.39, 0.29) is 5.84 Å². The maximum atomic E-state index is 8.80. The first kappa shape index (κ1) is 15.1. The summed E-state index contributed by atoms with van der Waals surface area (Å²) in [5.74, 6) is 0.505. The van der Waals surface area contributed by atoms with Crippen molar-refractivity contribution < 1.29 is 5.21 Å². The molecule has 6 heteroatoms. The molecule has 5 nitrogen and oxygen atoms in total. The third-order valence-corrected chi connectivity index (χ3v) is 3.66. The monoisotopic (exact) mass is 304 g/mol. The van der Waals surface area contributed by atoms with Gasteiger partial charge < -0.3 is 15.8 Å². The summed E-state index contributed by atoms with van der Waals surface area (Å²) in [5, 5.41) is 12.1. The molecule has 0 saturated carbocycles. The number of benzene rings is 1. The Balaban J connectivity index is 2.51. The molecule has 0 spiro atoms. The number of nitrogens with zero attached hydrogens (tertiary/aromatic N) is 3. The molecule has 0 fully saturated rings. The molecule has 1 aromatic heterocycles. The van der Waals surface area contributed by atoms with Gasteiger partial charge >= 0.3 is 0 Å². The first-order valence-corrected chi connectivity index (χ1v) is 6.77. The standard InChI is InChI=1S/C15H17ClN4O/c1-9-4-5-12(10(2)8-9)20(3)15-13(16)11(6-7-18-15)14(17)19-21/h4-8,21H,1-3H3,(H2,17,19). The van der Waals surface area contributed by atoms with Crippen molar-refractivity contribution in [2.24, 2.45) is 10.9 Å². The van der Waals surface area contributed by atoms with Crippen LogP contribution in [0.15, 0.2) is 35.6 Å². The summed E-state index contributed by atoms with van der Waals surface area (Å²) in [7, 11) is 1.88. The Morgan fingerprint density at radius 2 is 2.05 bits per heavy atom. The van der Waals surface area contributed by atoms with Crippen molar-refractivity contribution in [3.63, 3.8) is 0 Å². The van der Waals surface area contributed by atoms with Crippen molar-refractivity contribution in [3.05, 3.63) is 52.2 Å². The minimum Gasteiger partial charge on any atom is -0.409 e. The molecule has 1 aromatic carbocycles. The van der Waals surface area contributed by atoms with Gasteiger partial charge in [0.25, 0.3) is 0 Å². The summed E-state index contributed by atoms with van der Waals surface area (Å²) in [5.41, 5.74) is 9.36. The van der Waals surface area contributed by atoms with Crippen LogP contribution in [0.5, 0.6) is 0 Å². The van der Waals surface area contributed by atoms with Gasteiger partial charge in [0.05, 0.1) is 5.02 Å². The van der Waals surface area contributed by atoms with Gasteiger partial charge in [0, 0.05) is 24.5 Å². The number of hydrogen-bond acceptors (Lipinski definition) is 4. The number of nitrogens with two attached hydrogens (primary N) is 1. The summed E-state index contributed by atoms with van der Waals surface area (Å²) in [4.78, 5) is 6.18. The molecule has 0 saturated heterocycles. The van der Waals surface area contributed by atoms with E-state index < -0.39 is 0 Å².